The minimum absolute atomic E-state index is 0.00672. The minimum atomic E-state index is -3.89. The van der Waals surface area contributed by atoms with Crippen LogP contribution in [-0.4, -0.2) is 53.6 Å². The van der Waals surface area contributed by atoms with Gasteiger partial charge in [-0.05, 0) is 24.3 Å². The monoisotopic (exact) mass is 394 g/mol. The lowest BCUT2D eigenvalue weighted by atomic mass is 10.3. The molecular weight excluding hydrogens is 372 g/mol. The molecule has 2 rings (SSSR count). The summed E-state index contributed by atoms with van der Waals surface area (Å²) in [6.07, 6.45) is 0. The summed E-state index contributed by atoms with van der Waals surface area (Å²) in [5.41, 5.74) is 0.460. The van der Waals surface area contributed by atoms with Crippen LogP contribution in [0.2, 0.25) is 0 Å². The van der Waals surface area contributed by atoms with Crippen LogP contribution in [0.1, 0.15) is 0 Å². The molecule has 2 aromatic carbocycles. The van der Waals surface area contributed by atoms with Gasteiger partial charge in [-0.1, -0.05) is 12.1 Å². The molecule has 0 aliphatic carbocycles. The van der Waals surface area contributed by atoms with Crippen LogP contribution in [-0.2, 0) is 14.8 Å². The van der Waals surface area contributed by atoms with Crippen LogP contribution in [0.5, 0.6) is 17.2 Å². The van der Waals surface area contributed by atoms with Crippen LogP contribution in [0.25, 0.3) is 0 Å². The van der Waals surface area contributed by atoms with E-state index in [1.807, 2.05) is 0 Å². The molecule has 0 aliphatic rings. The second-order valence-corrected chi connectivity index (χ2v) is 7.57. The molecule has 0 unspecified atom stereocenters. The summed E-state index contributed by atoms with van der Waals surface area (Å²) in [6, 6.07) is 11.1. The first-order valence-corrected chi connectivity index (χ1v) is 9.38. The summed E-state index contributed by atoms with van der Waals surface area (Å²) in [5, 5.41) is 2.64. The lowest BCUT2D eigenvalue weighted by Crippen LogP contribution is -2.35. The second-order valence-electron chi connectivity index (χ2n) is 5.53. The number of nitrogens with one attached hydrogen (secondary N) is 1. The number of anilines is 1. The smallest absolute Gasteiger partial charge is 0.243 e. The van der Waals surface area contributed by atoms with Gasteiger partial charge in [0.15, 0.2) is 11.5 Å². The summed E-state index contributed by atoms with van der Waals surface area (Å²) >= 11 is 0. The van der Waals surface area contributed by atoms with Crippen LogP contribution in [0.15, 0.2) is 47.4 Å². The largest absolute Gasteiger partial charge is 0.495 e. The molecule has 1 amide bonds. The summed E-state index contributed by atoms with van der Waals surface area (Å²) < 4.78 is 41.8. The van der Waals surface area contributed by atoms with Gasteiger partial charge in [-0.25, -0.2) is 8.42 Å². The topological polar surface area (TPSA) is 94.2 Å². The van der Waals surface area contributed by atoms with Crippen molar-refractivity contribution in [3.63, 3.8) is 0 Å². The van der Waals surface area contributed by atoms with Crippen LogP contribution < -0.4 is 19.5 Å². The van der Waals surface area contributed by atoms with Crippen molar-refractivity contribution in [2.75, 3.05) is 40.2 Å². The summed E-state index contributed by atoms with van der Waals surface area (Å²) in [4.78, 5) is 12.3. The number of benzene rings is 2. The van der Waals surface area contributed by atoms with E-state index in [4.69, 9.17) is 14.2 Å². The normalized spacial score (nSPS) is 11.1. The van der Waals surface area contributed by atoms with Crippen molar-refractivity contribution in [3.8, 4) is 17.2 Å². The average molecular weight is 394 g/mol. The van der Waals surface area contributed by atoms with E-state index in [0.29, 0.717) is 17.2 Å². The molecule has 0 saturated heterocycles. The van der Waals surface area contributed by atoms with Crippen molar-refractivity contribution < 1.29 is 27.4 Å². The van der Waals surface area contributed by atoms with Crippen LogP contribution in [0.3, 0.4) is 0 Å². The number of ether oxygens (including phenoxy) is 3. The van der Waals surface area contributed by atoms with E-state index < -0.39 is 15.9 Å². The molecule has 0 saturated carbocycles. The standard InChI is InChI=1S/C18H22N2O6S/c1-20(12-18(21)19-14-7-5-6-8-15(14)24-2)27(22,23)13-9-10-16(25-3)17(11-13)26-4/h5-11H,12H2,1-4H3,(H,19,21). The van der Waals surface area contributed by atoms with Crippen molar-refractivity contribution in [1.82, 2.24) is 4.31 Å². The predicted octanol–water partition coefficient (Wildman–Crippen LogP) is 1.97. The molecule has 9 heteroatoms. The van der Waals surface area contributed by atoms with Gasteiger partial charge in [0.05, 0.1) is 38.5 Å². The zero-order chi connectivity index (χ0) is 20.0. The van der Waals surface area contributed by atoms with Gasteiger partial charge >= 0.3 is 0 Å². The zero-order valence-corrected chi connectivity index (χ0v) is 16.4. The first kappa shape index (κ1) is 20.5. The van der Waals surface area contributed by atoms with E-state index in [0.717, 1.165) is 4.31 Å². The number of nitrogens with zero attached hydrogens (tertiary/aromatic N) is 1. The number of carbonyl (C=O) groups excluding carboxylic acids is 1. The Morgan fingerprint density at radius 3 is 2.22 bits per heavy atom. The Morgan fingerprint density at radius 2 is 1.59 bits per heavy atom. The number of rotatable bonds is 8. The van der Waals surface area contributed by atoms with Gasteiger partial charge in [0.2, 0.25) is 15.9 Å². The number of methoxy groups -OCH3 is 3. The van der Waals surface area contributed by atoms with E-state index >= 15 is 0 Å². The van der Waals surface area contributed by atoms with Crippen LogP contribution >= 0.6 is 0 Å². The predicted molar refractivity (Wildman–Crippen MR) is 101 cm³/mol. The molecule has 146 valence electrons. The summed E-state index contributed by atoms with van der Waals surface area (Å²) in [6.45, 7) is -0.366. The highest BCUT2D eigenvalue weighted by atomic mass is 32.2. The fourth-order valence-electron chi connectivity index (χ4n) is 2.38. The molecule has 1 N–H and O–H groups in total. The maximum absolute atomic E-state index is 12.7. The molecule has 0 fully saturated rings. The number of amides is 1. The Morgan fingerprint density at radius 1 is 0.963 bits per heavy atom. The number of hydrogen-bond acceptors (Lipinski definition) is 6. The molecule has 0 spiro atoms. The van der Waals surface area contributed by atoms with Crippen molar-refractivity contribution in [2.45, 2.75) is 4.90 Å². The fourth-order valence-corrected chi connectivity index (χ4v) is 3.52. The van der Waals surface area contributed by atoms with E-state index in [1.54, 1.807) is 24.3 Å². The Labute approximate surface area is 158 Å². The molecule has 0 bridgehead atoms. The zero-order valence-electron chi connectivity index (χ0n) is 15.6. The quantitative estimate of drug-likeness (QED) is 0.736. The first-order chi connectivity index (χ1) is 12.8. The van der Waals surface area contributed by atoms with E-state index in [2.05, 4.69) is 5.32 Å². The van der Waals surface area contributed by atoms with E-state index in [-0.39, 0.29) is 17.2 Å². The average Bonchev–Trinajstić information content (AvgIpc) is 2.67. The van der Waals surface area contributed by atoms with Gasteiger partial charge in [-0.3, -0.25) is 4.79 Å². The number of carbonyl (C=O) groups is 1. The number of likely N-dealkylation sites (N-methyl/N-ethyl adjacent to an activating group) is 1. The molecule has 0 aromatic heterocycles. The maximum Gasteiger partial charge on any atom is 0.243 e. The molecule has 8 nitrogen and oxygen atoms in total. The number of sulfonamides is 1. The van der Waals surface area contributed by atoms with Crippen molar-refractivity contribution in [2.24, 2.45) is 0 Å². The highest BCUT2D eigenvalue weighted by molar-refractivity contribution is 7.89. The third-order valence-electron chi connectivity index (χ3n) is 3.81. The Hall–Kier alpha value is -2.78. The maximum atomic E-state index is 12.7. The third-order valence-corrected chi connectivity index (χ3v) is 5.61. The molecule has 0 heterocycles. The van der Waals surface area contributed by atoms with E-state index in [1.165, 1.54) is 46.6 Å². The minimum Gasteiger partial charge on any atom is -0.495 e. The van der Waals surface area contributed by atoms with E-state index in [9.17, 15) is 13.2 Å². The highest BCUT2D eigenvalue weighted by Gasteiger charge is 2.24. The number of hydrogen-bond donors (Lipinski definition) is 1. The highest BCUT2D eigenvalue weighted by Crippen LogP contribution is 2.30. The van der Waals surface area contributed by atoms with Gasteiger partial charge in [0, 0.05) is 13.1 Å². The van der Waals surface area contributed by atoms with Crippen LogP contribution in [0.4, 0.5) is 5.69 Å². The van der Waals surface area contributed by atoms with Crippen molar-refractivity contribution >= 4 is 21.6 Å². The van der Waals surface area contributed by atoms with Crippen molar-refractivity contribution in [1.29, 1.82) is 0 Å². The Balaban J connectivity index is 2.16. The Kier molecular flexibility index (Phi) is 6.65. The Bertz CT molecular complexity index is 914. The molecular formula is C18H22N2O6S. The molecule has 2 aromatic rings. The van der Waals surface area contributed by atoms with Gasteiger partial charge in [-0.15, -0.1) is 0 Å². The molecule has 0 aliphatic heterocycles. The lowest BCUT2D eigenvalue weighted by molar-refractivity contribution is -0.116. The van der Waals surface area contributed by atoms with Gasteiger partial charge in [-0.2, -0.15) is 4.31 Å². The fraction of sp³-hybridized carbons (Fsp3) is 0.278. The van der Waals surface area contributed by atoms with Gasteiger partial charge in [0.1, 0.15) is 5.75 Å². The number of para-hydroxylation sites is 2. The summed E-state index contributed by atoms with van der Waals surface area (Å²) in [5.74, 6) is 0.681. The van der Waals surface area contributed by atoms with Gasteiger partial charge in [0.25, 0.3) is 0 Å². The SMILES string of the molecule is COc1ccccc1NC(=O)CN(C)S(=O)(=O)c1ccc(OC)c(OC)c1. The van der Waals surface area contributed by atoms with Gasteiger partial charge < -0.3 is 19.5 Å². The van der Waals surface area contributed by atoms with Crippen LogP contribution in [0, 0.1) is 0 Å². The molecule has 0 atom stereocenters. The van der Waals surface area contributed by atoms with Crippen molar-refractivity contribution in [3.05, 3.63) is 42.5 Å². The molecule has 27 heavy (non-hydrogen) atoms. The first-order valence-electron chi connectivity index (χ1n) is 7.94. The molecule has 0 radical (unpaired) electrons. The lowest BCUT2D eigenvalue weighted by Gasteiger charge is -2.18. The third kappa shape index (κ3) is 4.69. The second kappa shape index (κ2) is 8.74. The summed E-state index contributed by atoms with van der Waals surface area (Å²) in [7, 11) is 1.79.